The first-order valence-corrected chi connectivity index (χ1v) is 7.41. The van der Waals surface area contributed by atoms with Crippen molar-refractivity contribution >= 4 is 15.9 Å². The molecule has 0 aromatic heterocycles. The number of anilines is 1. The summed E-state index contributed by atoms with van der Waals surface area (Å²) in [5.74, 6) is 5.62. The van der Waals surface area contributed by atoms with Crippen LogP contribution in [0.25, 0.3) is 0 Å². The third kappa shape index (κ3) is 5.75. The molecule has 104 valence electrons. The molecule has 0 radical (unpaired) electrons. The van der Waals surface area contributed by atoms with Crippen molar-refractivity contribution in [3.63, 3.8) is 0 Å². The van der Waals surface area contributed by atoms with Gasteiger partial charge < -0.3 is 5.73 Å². The van der Waals surface area contributed by atoms with Crippen LogP contribution in [-0.4, -0.2) is 21.0 Å². The smallest absolute Gasteiger partial charge is 0.299 e. The van der Waals surface area contributed by atoms with Crippen LogP contribution in [0.5, 0.6) is 0 Å². The molecular formula is C13H19N3O2S. The molecule has 0 aliphatic carbocycles. The van der Waals surface area contributed by atoms with Gasteiger partial charge in [-0.3, -0.25) is 4.72 Å². The molecule has 0 atom stereocenters. The first kappa shape index (κ1) is 15.5. The molecule has 0 amide bonds. The second kappa shape index (κ2) is 6.57. The van der Waals surface area contributed by atoms with E-state index in [1.54, 1.807) is 26.0 Å². The highest BCUT2D eigenvalue weighted by atomic mass is 32.2. The normalized spacial score (nSPS) is 11.0. The lowest BCUT2D eigenvalue weighted by molar-refractivity contribution is 0.575. The Labute approximate surface area is 114 Å². The van der Waals surface area contributed by atoms with Gasteiger partial charge in [0.25, 0.3) is 10.2 Å². The molecule has 0 fully saturated rings. The Bertz CT molecular complexity index is 598. The number of nitrogens with two attached hydrogens (primary N) is 1. The van der Waals surface area contributed by atoms with Gasteiger partial charge in [0.15, 0.2) is 0 Å². The van der Waals surface area contributed by atoms with Crippen LogP contribution in [-0.2, 0) is 10.2 Å². The highest BCUT2D eigenvalue weighted by molar-refractivity contribution is 7.90. The van der Waals surface area contributed by atoms with Gasteiger partial charge in [0.2, 0.25) is 0 Å². The SMILES string of the molecule is Cc1cc(C#CCN)cc(NS(=O)(=O)NC(C)C)c1. The Morgan fingerprint density at radius 1 is 1.32 bits per heavy atom. The molecule has 1 aromatic rings. The van der Waals surface area contributed by atoms with E-state index in [2.05, 4.69) is 21.3 Å². The van der Waals surface area contributed by atoms with E-state index >= 15 is 0 Å². The molecule has 1 rings (SSSR count). The van der Waals surface area contributed by atoms with Crippen molar-refractivity contribution in [3.05, 3.63) is 29.3 Å². The molecule has 19 heavy (non-hydrogen) atoms. The van der Waals surface area contributed by atoms with E-state index in [9.17, 15) is 8.42 Å². The first-order chi connectivity index (χ1) is 8.82. The minimum absolute atomic E-state index is 0.168. The molecule has 0 saturated carbocycles. The molecule has 4 N–H and O–H groups in total. The third-order valence-electron chi connectivity index (χ3n) is 2.06. The Hall–Kier alpha value is -1.55. The average molecular weight is 281 g/mol. The molecule has 0 spiro atoms. The molecule has 5 nitrogen and oxygen atoms in total. The minimum atomic E-state index is -3.56. The van der Waals surface area contributed by atoms with E-state index in [-0.39, 0.29) is 12.6 Å². The van der Waals surface area contributed by atoms with Crippen molar-refractivity contribution in [1.82, 2.24) is 4.72 Å². The Balaban J connectivity index is 2.99. The maximum atomic E-state index is 11.8. The average Bonchev–Trinajstić information content (AvgIpc) is 2.22. The zero-order valence-corrected chi connectivity index (χ0v) is 12.1. The first-order valence-electron chi connectivity index (χ1n) is 5.93. The number of aryl methyl sites for hydroxylation is 1. The maximum absolute atomic E-state index is 11.8. The molecule has 0 heterocycles. The summed E-state index contributed by atoms with van der Waals surface area (Å²) in [6.45, 7) is 5.66. The van der Waals surface area contributed by atoms with Crippen LogP contribution in [0.4, 0.5) is 5.69 Å². The monoisotopic (exact) mass is 281 g/mol. The number of rotatable bonds is 4. The number of benzene rings is 1. The summed E-state index contributed by atoms with van der Waals surface area (Å²) in [5, 5.41) is 0. The van der Waals surface area contributed by atoms with Crippen LogP contribution >= 0.6 is 0 Å². The maximum Gasteiger partial charge on any atom is 0.299 e. The summed E-state index contributed by atoms with van der Waals surface area (Å²) in [4.78, 5) is 0. The van der Waals surface area contributed by atoms with Gasteiger partial charge in [0, 0.05) is 11.6 Å². The van der Waals surface area contributed by atoms with Crippen LogP contribution in [0.2, 0.25) is 0 Å². The van der Waals surface area contributed by atoms with E-state index in [0.717, 1.165) is 11.1 Å². The quantitative estimate of drug-likeness (QED) is 0.719. The van der Waals surface area contributed by atoms with Crippen molar-refractivity contribution in [1.29, 1.82) is 0 Å². The van der Waals surface area contributed by atoms with Gasteiger partial charge in [-0.1, -0.05) is 11.8 Å². The lowest BCUT2D eigenvalue weighted by atomic mass is 10.1. The second-order valence-corrected chi connectivity index (χ2v) is 5.92. The zero-order chi connectivity index (χ0) is 14.5. The van der Waals surface area contributed by atoms with Gasteiger partial charge in [-0.05, 0) is 44.5 Å². The Morgan fingerprint density at radius 3 is 2.58 bits per heavy atom. The van der Waals surface area contributed by atoms with Crippen LogP contribution < -0.4 is 15.2 Å². The molecule has 0 aliphatic heterocycles. The predicted octanol–water partition coefficient (Wildman–Crippen LogP) is 0.960. The van der Waals surface area contributed by atoms with Gasteiger partial charge >= 0.3 is 0 Å². The van der Waals surface area contributed by atoms with E-state index in [1.165, 1.54) is 0 Å². The molecule has 0 unspecified atom stereocenters. The zero-order valence-electron chi connectivity index (χ0n) is 11.3. The summed E-state index contributed by atoms with van der Waals surface area (Å²) in [6.07, 6.45) is 0. The highest BCUT2D eigenvalue weighted by Crippen LogP contribution is 2.15. The van der Waals surface area contributed by atoms with E-state index in [0.29, 0.717) is 5.69 Å². The molecular weight excluding hydrogens is 262 g/mol. The summed E-state index contributed by atoms with van der Waals surface area (Å²) in [5.41, 5.74) is 7.45. The number of hydrogen-bond acceptors (Lipinski definition) is 3. The fourth-order valence-corrected chi connectivity index (χ4v) is 2.67. The summed E-state index contributed by atoms with van der Waals surface area (Å²) < 4.78 is 28.5. The largest absolute Gasteiger partial charge is 0.320 e. The van der Waals surface area contributed by atoms with Gasteiger partial charge in [0.05, 0.1) is 12.2 Å². The van der Waals surface area contributed by atoms with Gasteiger partial charge in [-0.15, -0.1) is 0 Å². The van der Waals surface area contributed by atoms with Crippen molar-refractivity contribution in [2.75, 3.05) is 11.3 Å². The van der Waals surface area contributed by atoms with Gasteiger partial charge in [-0.25, -0.2) is 0 Å². The van der Waals surface area contributed by atoms with E-state index < -0.39 is 10.2 Å². The van der Waals surface area contributed by atoms with Crippen molar-refractivity contribution < 1.29 is 8.42 Å². The number of nitrogens with one attached hydrogen (secondary N) is 2. The van der Waals surface area contributed by atoms with Crippen LogP contribution in [0.3, 0.4) is 0 Å². The van der Waals surface area contributed by atoms with Crippen LogP contribution in [0.15, 0.2) is 18.2 Å². The fourth-order valence-electron chi connectivity index (χ4n) is 1.56. The Kier molecular flexibility index (Phi) is 5.36. The molecule has 0 saturated heterocycles. The molecule has 1 aromatic carbocycles. The van der Waals surface area contributed by atoms with E-state index in [4.69, 9.17) is 5.73 Å². The van der Waals surface area contributed by atoms with Crippen LogP contribution in [0.1, 0.15) is 25.0 Å². The van der Waals surface area contributed by atoms with E-state index in [1.807, 2.05) is 13.0 Å². The minimum Gasteiger partial charge on any atom is -0.320 e. The summed E-state index contributed by atoms with van der Waals surface area (Å²) in [6, 6.07) is 5.12. The lowest BCUT2D eigenvalue weighted by Crippen LogP contribution is -2.35. The predicted molar refractivity (Wildman–Crippen MR) is 77.9 cm³/mol. The van der Waals surface area contributed by atoms with Gasteiger partial charge in [-0.2, -0.15) is 13.1 Å². The molecule has 0 aliphatic rings. The van der Waals surface area contributed by atoms with Crippen molar-refractivity contribution in [2.24, 2.45) is 5.73 Å². The fraction of sp³-hybridized carbons (Fsp3) is 0.385. The number of hydrogen-bond donors (Lipinski definition) is 3. The second-order valence-electron chi connectivity index (χ2n) is 4.47. The lowest BCUT2D eigenvalue weighted by Gasteiger charge is -2.12. The summed E-state index contributed by atoms with van der Waals surface area (Å²) in [7, 11) is -3.56. The molecule has 0 bridgehead atoms. The third-order valence-corrected chi connectivity index (χ3v) is 3.34. The standard InChI is InChI=1S/C13H19N3O2S/c1-10(2)15-19(17,18)16-13-8-11(3)7-12(9-13)5-4-6-14/h7-10,15-16H,6,14H2,1-3H3. The van der Waals surface area contributed by atoms with Gasteiger partial charge in [0.1, 0.15) is 0 Å². The Morgan fingerprint density at radius 2 is 2.00 bits per heavy atom. The van der Waals surface area contributed by atoms with Crippen molar-refractivity contribution in [3.8, 4) is 11.8 Å². The topological polar surface area (TPSA) is 84.2 Å². The van der Waals surface area contributed by atoms with Crippen molar-refractivity contribution in [2.45, 2.75) is 26.8 Å². The summed E-state index contributed by atoms with van der Waals surface area (Å²) >= 11 is 0. The van der Waals surface area contributed by atoms with Crippen LogP contribution in [0, 0.1) is 18.8 Å². The molecule has 6 heteroatoms. The highest BCUT2D eigenvalue weighted by Gasteiger charge is 2.11.